The van der Waals surface area contributed by atoms with Crippen molar-refractivity contribution in [2.24, 2.45) is 7.05 Å². The number of rotatable bonds is 4. The van der Waals surface area contributed by atoms with Gasteiger partial charge < -0.3 is 4.57 Å². The maximum Gasteiger partial charge on any atom is 0.191 e. The van der Waals surface area contributed by atoms with E-state index in [2.05, 4.69) is 52.7 Å². The van der Waals surface area contributed by atoms with Crippen molar-refractivity contribution >= 4 is 34.1 Å². The second kappa shape index (κ2) is 6.90. The zero-order valence-corrected chi connectivity index (χ0v) is 15.3. The highest BCUT2D eigenvalue weighted by atomic mass is 35.5. The van der Waals surface area contributed by atoms with Gasteiger partial charge in [-0.05, 0) is 28.5 Å². The smallest absolute Gasteiger partial charge is 0.191 e. The third-order valence-electron chi connectivity index (χ3n) is 4.15. The van der Waals surface area contributed by atoms with E-state index in [1.807, 2.05) is 35.9 Å². The Bertz CT molecular complexity index is 1040. The monoisotopic (exact) mass is 365 g/mol. The molecule has 3 nitrogen and oxygen atoms in total. The first-order valence-electron chi connectivity index (χ1n) is 7.97. The first kappa shape index (κ1) is 16.2. The van der Waals surface area contributed by atoms with E-state index in [1.165, 1.54) is 16.3 Å². The van der Waals surface area contributed by atoms with Crippen molar-refractivity contribution < 1.29 is 0 Å². The van der Waals surface area contributed by atoms with Crippen LogP contribution in [0.2, 0.25) is 5.02 Å². The summed E-state index contributed by atoms with van der Waals surface area (Å²) in [5.74, 6) is 1.67. The number of aromatic nitrogens is 3. The average molecular weight is 366 g/mol. The van der Waals surface area contributed by atoms with E-state index in [4.69, 9.17) is 11.6 Å². The highest BCUT2D eigenvalue weighted by Crippen LogP contribution is 2.29. The summed E-state index contributed by atoms with van der Waals surface area (Å²) in [4.78, 5) is 0. The molecule has 1 aromatic heterocycles. The summed E-state index contributed by atoms with van der Waals surface area (Å²) in [5, 5.41) is 12.8. The van der Waals surface area contributed by atoms with Crippen LogP contribution in [0.25, 0.3) is 22.2 Å². The highest BCUT2D eigenvalue weighted by Gasteiger charge is 2.12. The lowest BCUT2D eigenvalue weighted by atomic mass is 10.1. The fraction of sp³-hybridized carbons (Fsp3) is 0.100. The zero-order valence-electron chi connectivity index (χ0n) is 13.7. The maximum absolute atomic E-state index is 6.09. The van der Waals surface area contributed by atoms with Crippen LogP contribution in [-0.4, -0.2) is 14.8 Å². The molecule has 0 radical (unpaired) electrons. The molecule has 0 amide bonds. The molecule has 0 spiro atoms. The molecule has 0 aliphatic heterocycles. The second-order valence-corrected chi connectivity index (χ2v) is 7.18. The molecule has 0 unspecified atom stereocenters. The molecule has 0 N–H and O–H groups in total. The molecule has 0 aliphatic carbocycles. The number of benzene rings is 3. The van der Waals surface area contributed by atoms with E-state index in [-0.39, 0.29) is 0 Å². The van der Waals surface area contributed by atoms with E-state index < -0.39 is 0 Å². The van der Waals surface area contributed by atoms with Crippen LogP contribution >= 0.6 is 23.4 Å². The quantitative estimate of drug-likeness (QED) is 0.442. The van der Waals surface area contributed by atoms with Crippen molar-refractivity contribution in [2.45, 2.75) is 10.9 Å². The summed E-state index contributed by atoms with van der Waals surface area (Å²) in [7, 11) is 1.99. The molecule has 5 heteroatoms. The van der Waals surface area contributed by atoms with Crippen LogP contribution in [0.15, 0.2) is 71.9 Å². The minimum absolute atomic E-state index is 0.699. The highest BCUT2D eigenvalue weighted by molar-refractivity contribution is 7.98. The van der Waals surface area contributed by atoms with E-state index in [0.29, 0.717) is 5.02 Å². The van der Waals surface area contributed by atoms with Crippen LogP contribution in [0, 0.1) is 0 Å². The van der Waals surface area contributed by atoms with E-state index in [1.54, 1.807) is 11.8 Å². The van der Waals surface area contributed by atoms with Crippen LogP contribution in [0.4, 0.5) is 0 Å². The van der Waals surface area contributed by atoms with Crippen molar-refractivity contribution in [3.63, 3.8) is 0 Å². The summed E-state index contributed by atoms with van der Waals surface area (Å²) in [6.07, 6.45) is 0. The fourth-order valence-electron chi connectivity index (χ4n) is 2.88. The SMILES string of the molecule is Cn1c(SCc2cccc3ccccc23)nnc1-c1cccc(Cl)c1. The Labute approximate surface area is 155 Å². The largest absolute Gasteiger partial charge is 0.305 e. The topological polar surface area (TPSA) is 30.7 Å². The van der Waals surface area contributed by atoms with E-state index in [0.717, 1.165) is 22.3 Å². The Morgan fingerprint density at radius 1 is 0.960 bits per heavy atom. The Morgan fingerprint density at radius 3 is 2.64 bits per heavy atom. The molecule has 0 fully saturated rings. The molecule has 25 heavy (non-hydrogen) atoms. The third kappa shape index (κ3) is 3.28. The van der Waals surface area contributed by atoms with Gasteiger partial charge in [0.05, 0.1) is 0 Å². The Balaban J connectivity index is 1.60. The van der Waals surface area contributed by atoms with Gasteiger partial charge in [0.1, 0.15) is 0 Å². The molecule has 0 aliphatic rings. The Hall–Kier alpha value is -2.30. The summed E-state index contributed by atoms with van der Waals surface area (Å²) in [6, 6.07) is 22.6. The van der Waals surface area contributed by atoms with E-state index >= 15 is 0 Å². The fourth-order valence-corrected chi connectivity index (χ4v) is 3.99. The Kier molecular flexibility index (Phi) is 4.47. The summed E-state index contributed by atoms with van der Waals surface area (Å²) >= 11 is 7.78. The lowest BCUT2D eigenvalue weighted by Crippen LogP contribution is -1.95. The van der Waals surface area contributed by atoms with Gasteiger partial charge in [-0.15, -0.1) is 10.2 Å². The van der Waals surface area contributed by atoms with Crippen LogP contribution < -0.4 is 0 Å². The van der Waals surface area contributed by atoms with Gasteiger partial charge in [0, 0.05) is 23.4 Å². The predicted molar refractivity (Wildman–Crippen MR) is 105 cm³/mol. The number of hydrogen-bond acceptors (Lipinski definition) is 3. The molecule has 124 valence electrons. The molecule has 0 saturated heterocycles. The van der Waals surface area contributed by atoms with Gasteiger partial charge in [-0.3, -0.25) is 0 Å². The second-order valence-electron chi connectivity index (χ2n) is 5.80. The number of halogens is 1. The minimum atomic E-state index is 0.699. The maximum atomic E-state index is 6.09. The van der Waals surface area contributed by atoms with Crippen molar-refractivity contribution in [3.05, 3.63) is 77.3 Å². The molecule has 1 heterocycles. The van der Waals surface area contributed by atoms with Crippen molar-refractivity contribution in [2.75, 3.05) is 0 Å². The van der Waals surface area contributed by atoms with Crippen LogP contribution in [0.3, 0.4) is 0 Å². The first-order valence-corrected chi connectivity index (χ1v) is 9.33. The zero-order chi connectivity index (χ0) is 17.2. The molecule has 0 bridgehead atoms. The van der Waals surface area contributed by atoms with Gasteiger partial charge in [-0.2, -0.15) is 0 Å². The standard InChI is InChI=1S/C20H16ClN3S/c1-24-19(15-8-5-10-17(21)12-15)22-23-20(24)25-13-16-9-4-7-14-6-2-3-11-18(14)16/h2-12H,13H2,1H3. The van der Waals surface area contributed by atoms with Gasteiger partial charge in [0.2, 0.25) is 0 Å². The van der Waals surface area contributed by atoms with Crippen molar-refractivity contribution in [1.82, 2.24) is 14.8 Å². The summed E-state index contributed by atoms with van der Waals surface area (Å²) < 4.78 is 2.02. The summed E-state index contributed by atoms with van der Waals surface area (Å²) in [6.45, 7) is 0. The first-order chi connectivity index (χ1) is 12.2. The van der Waals surface area contributed by atoms with Crippen LogP contribution in [0.1, 0.15) is 5.56 Å². The molecule has 4 rings (SSSR count). The minimum Gasteiger partial charge on any atom is -0.305 e. The van der Waals surface area contributed by atoms with Gasteiger partial charge in [0.25, 0.3) is 0 Å². The summed E-state index contributed by atoms with van der Waals surface area (Å²) in [5.41, 5.74) is 2.27. The molecular weight excluding hydrogens is 350 g/mol. The normalized spacial score (nSPS) is 11.1. The van der Waals surface area contributed by atoms with Crippen LogP contribution in [-0.2, 0) is 12.8 Å². The lowest BCUT2D eigenvalue weighted by molar-refractivity contribution is 0.794. The van der Waals surface area contributed by atoms with Crippen molar-refractivity contribution in [3.8, 4) is 11.4 Å². The molecule has 0 saturated carbocycles. The number of hydrogen-bond donors (Lipinski definition) is 0. The average Bonchev–Trinajstić information content (AvgIpc) is 3.00. The van der Waals surface area contributed by atoms with Gasteiger partial charge in [-0.25, -0.2) is 0 Å². The Morgan fingerprint density at radius 2 is 1.76 bits per heavy atom. The molecule has 0 atom stereocenters. The van der Waals surface area contributed by atoms with Gasteiger partial charge in [-0.1, -0.05) is 78.0 Å². The van der Waals surface area contributed by atoms with Crippen LogP contribution in [0.5, 0.6) is 0 Å². The number of thioether (sulfide) groups is 1. The number of fused-ring (bicyclic) bond motifs is 1. The third-order valence-corrected chi connectivity index (χ3v) is 5.46. The number of nitrogens with zero attached hydrogens (tertiary/aromatic N) is 3. The van der Waals surface area contributed by atoms with Crippen molar-refractivity contribution in [1.29, 1.82) is 0 Å². The molecular formula is C20H16ClN3S. The van der Waals surface area contributed by atoms with E-state index in [9.17, 15) is 0 Å². The predicted octanol–water partition coefficient (Wildman–Crippen LogP) is 5.58. The lowest BCUT2D eigenvalue weighted by Gasteiger charge is -2.07. The molecule has 3 aromatic carbocycles. The van der Waals surface area contributed by atoms with Gasteiger partial charge in [0.15, 0.2) is 11.0 Å². The molecule has 4 aromatic rings. The van der Waals surface area contributed by atoms with Gasteiger partial charge >= 0.3 is 0 Å².